The Labute approximate surface area is 104 Å². The fourth-order valence-corrected chi connectivity index (χ4v) is 1.54. The smallest absolute Gasteiger partial charge is 0.285 e. The predicted molar refractivity (Wildman–Crippen MR) is 64.8 cm³/mol. The van der Waals surface area contributed by atoms with E-state index in [1.54, 1.807) is 20.2 Å². The molecule has 0 spiro atoms. The van der Waals surface area contributed by atoms with E-state index < -0.39 is 4.92 Å². The number of nitrogens with zero attached hydrogens (tertiary/aromatic N) is 2. The lowest BCUT2D eigenvalue weighted by Gasteiger charge is -2.11. The van der Waals surface area contributed by atoms with E-state index in [1.807, 2.05) is 0 Å². The number of amides is 1. The minimum absolute atomic E-state index is 0.0770. The lowest BCUT2D eigenvalue weighted by Crippen LogP contribution is -2.22. The summed E-state index contributed by atoms with van der Waals surface area (Å²) in [6.07, 6.45) is 2.12. The fourth-order valence-electron chi connectivity index (χ4n) is 1.54. The minimum Gasteiger partial charge on any atom is -0.490 e. The lowest BCUT2D eigenvalue weighted by atomic mass is 10.1. The van der Waals surface area contributed by atoms with Crippen molar-refractivity contribution in [2.45, 2.75) is 18.9 Å². The predicted octanol–water partition coefficient (Wildman–Crippen LogP) is 1.84. The monoisotopic (exact) mass is 250 g/mol. The van der Waals surface area contributed by atoms with Gasteiger partial charge in [-0.25, -0.2) is 0 Å². The van der Waals surface area contributed by atoms with Crippen LogP contribution >= 0.6 is 0 Å². The van der Waals surface area contributed by atoms with Crippen LogP contribution in [0.25, 0.3) is 0 Å². The van der Waals surface area contributed by atoms with Crippen LogP contribution in [0.1, 0.15) is 23.2 Å². The Kier molecular flexibility index (Phi) is 3.18. The molecule has 0 aliphatic heterocycles. The van der Waals surface area contributed by atoms with E-state index in [0.717, 1.165) is 12.8 Å². The van der Waals surface area contributed by atoms with Crippen LogP contribution in [-0.2, 0) is 0 Å². The number of benzene rings is 1. The lowest BCUT2D eigenvalue weighted by molar-refractivity contribution is -0.385. The van der Waals surface area contributed by atoms with E-state index in [0.29, 0.717) is 5.75 Å². The highest BCUT2D eigenvalue weighted by Crippen LogP contribution is 2.30. The number of carbonyl (C=O) groups is 1. The fraction of sp³-hybridized carbons (Fsp3) is 0.417. The third-order valence-corrected chi connectivity index (χ3v) is 2.63. The molecule has 6 nitrogen and oxygen atoms in total. The molecule has 1 aliphatic rings. The van der Waals surface area contributed by atoms with Crippen molar-refractivity contribution in [3.05, 3.63) is 33.9 Å². The Morgan fingerprint density at radius 2 is 2.11 bits per heavy atom. The van der Waals surface area contributed by atoms with Crippen LogP contribution < -0.4 is 4.74 Å². The molecule has 0 aromatic heterocycles. The average molecular weight is 250 g/mol. The molecule has 0 unspecified atom stereocenters. The molecule has 0 radical (unpaired) electrons. The summed E-state index contributed by atoms with van der Waals surface area (Å²) < 4.78 is 5.48. The van der Waals surface area contributed by atoms with Gasteiger partial charge in [-0.3, -0.25) is 14.9 Å². The molecular formula is C12H14N2O4. The summed E-state index contributed by atoms with van der Waals surface area (Å²) in [5.74, 6) is 0.0548. The van der Waals surface area contributed by atoms with E-state index in [-0.39, 0.29) is 23.3 Å². The van der Waals surface area contributed by atoms with Crippen LogP contribution in [0.15, 0.2) is 18.2 Å². The van der Waals surface area contributed by atoms with Gasteiger partial charge in [-0.2, -0.15) is 0 Å². The Balaban J connectivity index is 2.34. The van der Waals surface area contributed by atoms with E-state index in [1.165, 1.54) is 17.0 Å². The minimum atomic E-state index is -0.559. The van der Waals surface area contributed by atoms with Crippen molar-refractivity contribution in [1.29, 1.82) is 0 Å². The highest BCUT2D eigenvalue weighted by Gasteiger charge is 2.26. The van der Waals surface area contributed by atoms with Crippen LogP contribution in [0.2, 0.25) is 0 Å². The van der Waals surface area contributed by atoms with Crippen molar-refractivity contribution in [1.82, 2.24) is 4.90 Å². The second-order valence-electron chi connectivity index (χ2n) is 4.45. The molecule has 18 heavy (non-hydrogen) atoms. The zero-order valence-electron chi connectivity index (χ0n) is 10.3. The van der Waals surface area contributed by atoms with Crippen molar-refractivity contribution in [3.8, 4) is 5.75 Å². The van der Waals surface area contributed by atoms with Crippen molar-refractivity contribution in [2.75, 3.05) is 14.1 Å². The molecule has 0 atom stereocenters. The Morgan fingerprint density at radius 3 is 2.61 bits per heavy atom. The molecule has 1 aromatic rings. The van der Waals surface area contributed by atoms with Gasteiger partial charge < -0.3 is 9.64 Å². The van der Waals surface area contributed by atoms with Gasteiger partial charge in [0.25, 0.3) is 11.6 Å². The second kappa shape index (κ2) is 4.64. The molecule has 96 valence electrons. The van der Waals surface area contributed by atoms with Gasteiger partial charge in [0.1, 0.15) is 11.3 Å². The third-order valence-electron chi connectivity index (χ3n) is 2.63. The van der Waals surface area contributed by atoms with E-state index >= 15 is 0 Å². The standard InChI is InChI=1S/C12H14N2O4/c1-13(2)12(15)10-6-5-9(18-8-3-4-8)7-11(10)14(16)17/h5-8H,3-4H2,1-2H3. The number of hydrogen-bond acceptors (Lipinski definition) is 4. The van der Waals surface area contributed by atoms with E-state index in [2.05, 4.69) is 0 Å². The van der Waals surface area contributed by atoms with Gasteiger partial charge in [0, 0.05) is 14.1 Å². The van der Waals surface area contributed by atoms with Gasteiger partial charge in [0.2, 0.25) is 0 Å². The maximum absolute atomic E-state index is 11.8. The summed E-state index contributed by atoms with van der Waals surface area (Å²) in [5, 5.41) is 11.0. The maximum Gasteiger partial charge on any atom is 0.285 e. The molecule has 0 bridgehead atoms. The number of ether oxygens (including phenoxy) is 1. The third kappa shape index (κ3) is 2.58. The molecule has 1 aromatic carbocycles. The molecule has 1 aliphatic carbocycles. The quantitative estimate of drug-likeness (QED) is 0.603. The van der Waals surface area contributed by atoms with Gasteiger partial charge >= 0.3 is 0 Å². The van der Waals surface area contributed by atoms with E-state index in [4.69, 9.17) is 4.74 Å². The molecule has 6 heteroatoms. The Hall–Kier alpha value is -2.11. The molecule has 0 N–H and O–H groups in total. The molecule has 2 rings (SSSR count). The summed E-state index contributed by atoms with van der Waals surface area (Å²) in [5.41, 5.74) is -0.139. The first-order valence-electron chi connectivity index (χ1n) is 5.66. The summed E-state index contributed by atoms with van der Waals surface area (Å²) in [4.78, 5) is 23.5. The van der Waals surface area contributed by atoms with E-state index in [9.17, 15) is 14.9 Å². The average Bonchev–Trinajstić information content (AvgIpc) is 3.11. The zero-order valence-corrected chi connectivity index (χ0v) is 10.3. The summed E-state index contributed by atoms with van der Waals surface area (Å²) in [6, 6.07) is 4.36. The second-order valence-corrected chi connectivity index (χ2v) is 4.45. The molecule has 1 amide bonds. The van der Waals surface area contributed by atoms with Gasteiger partial charge in [-0.15, -0.1) is 0 Å². The molecular weight excluding hydrogens is 236 g/mol. The van der Waals surface area contributed by atoms with Crippen molar-refractivity contribution < 1.29 is 14.5 Å². The SMILES string of the molecule is CN(C)C(=O)c1ccc(OC2CC2)cc1[N+](=O)[O-]. The van der Waals surface area contributed by atoms with Crippen molar-refractivity contribution in [2.24, 2.45) is 0 Å². The maximum atomic E-state index is 11.8. The first-order valence-corrected chi connectivity index (χ1v) is 5.66. The van der Waals surface area contributed by atoms with Gasteiger partial charge in [-0.1, -0.05) is 0 Å². The van der Waals surface area contributed by atoms with Gasteiger partial charge in [0.15, 0.2) is 0 Å². The zero-order chi connectivity index (χ0) is 13.3. The topological polar surface area (TPSA) is 72.7 Å². The van der Waals surface area contributed by atoms with Crippen LogP contribution in [0.5, 0.6) is 5.75 Å². The Morgan fingerprint density at radius 1 is 1.44 bits per heavy atom. The van der Waals surface area contributed by atoms with Crippen molar-refractivity contribution >= 4 is 11.6 Å². The molecule has 0 saturated heterocycles. The summed E-state index contributed by atoms with van der Waals surface area (Å²) >= 11 is 0. The largest absolute Gasteiger partial charge is 0.490 e. The van der Waals surface area contributed by atoms with Gasteiger partial charge in [-0.05, 0) is 25.0 Å². The van der Waals surface area contributed by atoms with Crippen molar-refractivity contribution in [3.63, 3.8) is 0 Å². The molecule has 1 saturated carbocycles. The molecule has 0 heterocycles. The molecule has 1 fully saturated rings. The number of rotatable bonds is 4. The first kappa shape index (κ1) is 12.3. The number of nitro benzene ring substituents is 1. The van der Waals surface area contributed by atoms with Crippen LogP contribution in [-0.4, -0.2) is 35.9 Å². The highest BCUT2D eigenvalue weighted by molar-refractivity contribution is 5.98. The van der Waals surface area contributed by atoms with Crippen LogP contribution in [0.4, 0.5) is 5.69 Å². The Bertz CT molecular complexity index is 495. The van der Waals surface area contributed by atoms with Gasteiger partial charge in [0.05, 0.1) is 17.1 Å². The first-order chi connectivity index (χ1) is 8.49. The van der Waals surface area contributed by atoms with Crippen LogP contribution in [0.3, 0.4) is 0 Å². The summed E-state index contributed by atoms with van der Waals surface area (Å²) in [6.45, 7) is 0. The highest BCUT2D eigenvalue weighted by atomic mass is 16.6. The van der Waals surface area contributed by atoms with Crippen LogP contribution in [0, 0.1) is 10.1 Å². The number of nitro groups is 1. The summed E-state index contributed by atoms with van der Waals surface area (Å²) in [7, 11) is 3.11. The number of carbonyl (C=O) groups excluding carboxylic acids is 1. The number of hydrogen-bond donors (Lipinski definition) is 0. The normalized spacial score (nSPS) is 14.1.